The first-order chi connectivity index (χ1) is 15.8. The molecule has 0 saturated heterocycles. The summed E-state index contributed by atoms with van der Waals surface area (Å²) in [6.07, 6.45) is 19.7. The molecule has 2 aromatic rings. The molecule has 1 aliphatic rings. The molecule has 2 aromatic carbocycles. The fraction of sp³-hybridized carbons (Fsp3) is 0.548. The molecule has 1 heteroatoms. The van der Waals surface area contributed by atoms with Gasteiger partial charge in [-0.1, -0.05) is 108 Å². The third-order valence-electron chi connectivity index (χ3n) is 6.96. The number of unbranched alkanes of at least 4 members (excludes halogenated alkanes) is 6. The molecule has 1 nitrogen and oxygen atoms in total. The number of rotatable bonds is 14. The Morgan fingerprint density at radius 3 is 2.06 bits per heavy atom. The molecule has 0 radical (unpaired) electrons. The maximum Gasteiger partial charge on any atom is 0.119 e. The fourth-order valence-corrected chi connectivity index (χ4v) is 4.74. The van der Waals surface area contributed by atoms with Gasteiger partial charge in [-0.25, -0.2) is 0 Å². The van der Waals surface area contributed by atoms with E-state index in [1.165, 1.54) is 106 Å². The molecule has 1 unspecified atom stereocenters. The van der Waals surface area contributed by atoms with Gasteiger partial charge in [0.05, 0.1) is 0 Å². The standard InChI is InChI=1S/C31H44O/c1-3-5-7-8-10-12-27-17-19-29(20-18-27)30-21-23-31(24-22-30)32-25-28-15-13-26(14-16-28)11-9-6-4-2/h15,17-24,26H,3-14,16,25H2,1-2H3. The topological polar surface area (TPSA) is 9.23 Å². The summed E-state index contributed by atoms with van der Waals surface area (Å²) in [5.41, 5.74) is 5.48. The zero-order valence-electron chi connectivity index (χ0n) is 20.6. The van der Waals surface area contributed by atoms with Crippen LogP contribution >= 0.6 is 0 Å². The number of aryl methyl sites for hydroxylation is 1. The van der Waals surface area contributed by atoms with Crippen molar-refractivity contribution in [2.24, 2.45) is 5.92 Å². The minimum Gasteiger partial charge on any atom is -0.489 e. The molecule has 32 heavy (non-hydrogen) atoms. The molecule has 0 fully saturated rings. The van der Waals surface area contributed by atoms with Gasteiger partial charge in [0.15, 0.2) is 0 Å². The van der Waals surface area contributed by atoms with Crippen LogP contribution in [0.4, 0.5) is 0 Å². The van der Waals surface area contributed by atoms with Gasteiger partial charge in [-0.15, -0.1) is 0 Å². The van der Waals surface area contributed by atoms with E-state index in [0.717, 1.165) is 18.3 Å². The van der Waals surface area contributed by atoms with Gasteiger partial charge in [-0.05, 0) is 72.4 Å². The lowest BCUT2D eigenvalue weighted by molar-refractivity contribution is 0.331. The summed E-state index contributed by atoms with van der Waals surface area (Å²) in [7, 11) is 0. The van der Waals surface area contributed by atoms with Crippen LogP contribution < -0.4 is 4.74 Å². The molecule has 1 atom stereocenters. The highest BCUT2D eigenvalue weighted by Gasteiger charge is 2.14. The summed E-state index contributed by atoms with van der Waals surface area (Å²) in [5, 5.41) is 0. The quantitative estimate of drug-likeness (QED) is 0.213. The minimum absolute atomic E-state index is 0.744. The molecule has 174 valence electrons. The second-order valence-corrected chi connectivity index (χ2v) is 9.67. The Morgan fingerprint density at radius 2 is 1.41 bits per heavy atom. The lowest BCUT2D eigenvalue weighted by Crippen LogP contribution is -2.10. The predicted octanol–water partition coefficient (Wildman–Crippen LogP) is 9.55. The molecule has 0 bridgehead atoms. The summed E-state index contributed by atoms with van der Waals surface area (Å²) < 4.78 is 6.09. The van der Waals surface area contributed by atoms with E-state index in [1.807, 2.05) is 0 Å². The van der Waals surface area contributed by atoms with Gasteiger partial charge in [0.25, 0.3) is 0 Å². The maximum absolute atomic E-state index is 6.09. The Bertz CT molecular complexity index is 784. The summed E-state index contributed by atoms with van der Waals surface area (Å²) in [6, 6.07) is 17.7. The minimum atomic E-state index is 0.744. The Hall–Kier alpha value is -2.02. The van der Waals surface area contributed by atoms with E-state index in [1.54, 1.807) is 0 Å². The van der Waals surface area contributed by atoms with Crippen molar-refractivity contribution >= 4 is 0 Å². The highest BCUT2D eigenvalue weighted by atomic mass is 16.5. The van der Waals surface area contributed by atoms with Crippen LogP contribution in [-0.2, 0) is 6.42 Å². The molecule has 0 saturated carbocycles. The van der Waals surface area contributed by atoms with Crippen molar-refractivity contribution in [1.29, 1.82) is 0 Å². The monoisotopic (exact) mass is 432 g/mol. The molecule has 0 heterocycles. The Labute approximate surface area is 197 Å². The van der Waals surface area contributed by atoms with E-state index in [0.29, 0.717) is 0 Å². The highest BCUT2D eigenvalue weighted by Crippen LogP contribution is 2.29. The molecule has 0 aromatic heterocycles. The molecular formula is C31H44O. The van der Waals surface area contributed by atoms with Gasteiger partial charge in [0.2, 0.25) is 0 Å². The van der Waals surface area contributed by atoms with E-state index >= 15 is 0 Å². The number of allylic oxidation sites excluding steroid dienone is 1. The summed E-state index contributed by atoms with van der Waals surface area (Å²) >= 11 is 0. The number of hydrogen-bond donors (Lipinski definition) is 0. The van der Waals surface area contributed by atoms with Crippen LogP contribution in [0, 0.1) is 5.92 Å². The lowest BCUT2D eigenvalue weighted by atomic mass is 9.86. The summed E-state index contributed by atoms with van der Waals surface area (Å²) in [5.74, 6) is 1.88. The lowest BCUT2D eigenvalue weighted by Gasteiger charge is -2.22. The summed E-state index contributed by atoms with van der Waals surface area (Å²) in [6.45, 7) is 5.30. The maximum atomic E-state index is 6.09. The number of ether oxygens (including phenoxy) is 1. The van der Waals surface area contributed by atoms with Crippen LogP contribution in [0.3, 0.4) is 0 Å². The first-order valence-electron chi connectivity index (χ1n) is 13.3. The Morgan fingerprint density at radius 1 is 0.750 bits per heavy atom. The SMILES string of the molecule is CCCCCCCc1ccc(-c2ccc(OCC3=CCC(CCCCC)CC3)cc2)cc1. The number of hydrogen-bond acceptors (Lipinski definition) is 1. The molecule has 0 spiro atoms. The van der Waals surface area contributed by atoms with Crippen LogP contribution in [-0.4, -0.2) is 6.61 Å². The van der Waals surface area contributed by atoms with Gasteiger partial charge >= 0.3 is 0 Å². The van der Waals surface area contributed by atoms with Gasteiger partial charge in [-0.3, -0.25) is 0 Å². The van der Waals surface area contributed by atoms with Crippen LogP contribution in [0.1, 0.15) is 96.5 Å². The zero-order chi connectivity index (χ0) is 22.4. The summed E-state index contributed by atoms with van der Waals surface area (Å²) in [4.78, 5) is 0. The van der Waals surface area contributed by atoms with Crippen molar-refractivity contribution in [3.63, 3.8) is 0 Å². The van der Waals surface area contributed by atoms with Gasteiger partial charge in [0.1, 0.15) is 12.4 Å². The van der Waals surface area contributed by atoms with E-state index < -0.39 is 0 Å². The first kappa shape index (κ1) is 24.6. The normalized spacial score (nSPS) is 16.1. The van der Waals surface area contributed by atoms with Gasteiger partial charge < -0.3 is 4.74 Å². The van der Waals surface area contributed by atoms with Crippen LogP contribution in [0.5, 0.6) is 5.75 Å². The average Bonchev–Trinajstić information content (AvgIpc) is 2.84. The second-order valence-electron chi connectivity index (χ2n) is 9.67. The Balaban J connectivity index is 1.41. The molecule has 0 N–H and O–H groups in total. The van der Waals surface area contributed by atoms with Crippen molar-refractivity contribution in [1.82, 2.24) is 0 Å². The Kier molecular flexibility index (Phi) is 10.9. The first-order valence-corrected chi connectivity index (χ1v) is 13.3. The van der Waals surface area contributed by atoms with Crippen molar-refractivity contribution in [2.75, 3.05) is 6.61 Å². The van der Waals surface area contributed by atoms with Crippen molar-refractivity contribution in [3.05, 3.63) is 65.7 Å². The van der Waals surface area contributed by atoms with Crippen molar-refractivity contribution < 1.29 is 4.74 Å². The largest absolute Gasteiger partial charge is 0.489 e. The van der Waals surface area contributed by atoms with Crippen LogP contribution in [0.25, 0.3) is 11.1 Å². The number of benzene rings is 2. The predicted molar refractivity (Wildman–Crippen MR) is 139 cm³/mol. The van der Waals surface area contributed by atoms with Crippen molar-refractivity contribution in [2.45, 2.75) is 97.3 Å². The highest BCUT2D eigenvalue weighted by molar-refractivity contribution is 5.64. The molecule has 0 aliphatic heterocycles. The third-order valence-corrected chi connectivity index (χ3v) is 6.96. The molecule has 3 rings (SSSR count). The van der Waals surface area contributed by atoms with E-state index in [9.17, 15) is 0 Å². The van der Waals surface area contributed by atoms with Crippen LogP contribution in [0.15, 0.2) is 60.2 Å². The van der Waals surface area contributed by atoms with E-state index in [2.05, 4.69) is 68.5 Å². The van der Waals surface area contributed by atoms with Crippen LogP contribution in [0.2, 0.25) is 0 Å². The van der Waals surface area contributed by atoms with Gasteiger partial charge in [0, 0.05) is 0 Å². The molecule has 0 amide bonds. The van der Waals surface area contributed by atoms with E-state index in [4.69, 9.17) is 4.74 Å². The fourth-order valence-electron chi connectivity index (χ4n) is 4.74. The smallest absolute Gasteiger partial charge is 0.119 e. The molecular weight excluding hydrogens is 388 g/mol. The zero-order valence-corrected chi connectivity index (χ0v) is 20.6. The van der Waals surface area contributed by atoms with E-state index in [-0.39, 0.29) is 0 Å². The molecule has 1 aliphatic carbocycles. The second kappa shape index (κ2) is 14.2. The van der Waals surface area contributed by atoms with Crippen molar-refractivity contribution in [3.8, 4) is 16.9 Å². The third kappa shape index (κ3) is 8.49. The average molecular weight is 433 g/mol. The van der Waals surface area contributed by atoms with Gasteiger partial charge in [-0.2, -0.15) is 0 Å².